The Hall–Kier alpha value is -8.41. The fourth-order valence-corrected chi connectivity index (χ4v) is 8.52. The number of nitrogens with zero attached hydrogens (tertiary/aromatic N) is 4. The van der Waals surface area contributed by atoms with Gasteiger partial charge in [0, 0.05) is 49.4 Å². The van der Waals surface area contributed by atoms with E-state index in [1.807, 2.05) is 146 Å². The summed E-state index contributed by atoms with van der Waals surface area (Å²) >= 11 is 0. The van der Waals surface area contributed by atoms with Crippen LogP contribution >= 0.6 is 0 Å². The van der Waals surface area contributed by atoms with Crippen molar-refractivity contribution in [2.24, 2.45) is 0 Å². The van der Waals surface area contributed by atoms with Gasteiger partial charge in [0.2, 0.25) is 0 Å². The van der Waals surface area contributed by atoms with Gasteiger partial charge in [-0.1, -0.05) is 194 Å². The van der Waals surface area contributed by atoms with Crippen molar-refractivity contribution < 1.29 is 12.6 Å². The molecule has 0 aliphatic heterocycles. The first-order valence-electron chi connectivity index (χ1n) is 23.4. The summed E-state index contributed by atoms with van der Waals surface area (Å²) in [7, 11) is 0. The van der Waals surface area contributed by atoms with Gasteiger partial charge in [-0.05, 0) is 46.5 Å². The Morgan fingerprint density at radius 3 is 1.44 bits per heavy atom. The second kappa shape index (κ2) is 14.7. The second-order valence-corrected chi connectivity index (χ2v) is 15.1. The van der Waals surface area contributed by atoms with Crippen LogP contribution in [0, 0.1) is 0 Å². The lowest BCUT2D eigenvalue weighted by Gasteiger charge is -2.19. The number of rotatable bonds is 7. The molecule has 5 nitrogen and oxygen atoms in total. The van der Waals surface area contributed by atoms with E-state index in [1.54, 1.807) is 4.57 Å². The van der Waals surface area contributed by atoms with E-state index in [1.165, 1.54) is 12.1 Å². The zero-order valence-electron chi connectivity index (χ0n) is 39.0. The molecule has 290 valence electrons. The molecule has 0 amide bonds. The maximum Gasteiger partial charge on any atom is 0.166 e. The van der Waals surface area contributed by atoms with Gasteiger partial charge >= 0.3 is 0 Å². The minimum atomic E-state index is -0.209. The molecule has 0 N–H and O–H groups in total. The summed E-state index contributed by atoms with van der Waals surface area (Å²) in [5.74, 6) is 1.12. The molecule has 3 aromatic heterocycles. The Bertz CT molecular complexity index is 3790. The second-order valence-electron chi connectivity index (χ2n) is 15.1. The highest BCUT2D eigenvalue weighted by Gasteiger charge is 2.24. The van der Waals surface area contributed by atoms with Crippen molar-refractivity contribution in [2.45, 2.75) is 0 Å². The lowest BCUT2D eigenvalue weighted by atomic mass is 9.97. The molecule has 0 spiro atoms. The number of hydrogen-bond donors (Lipinski definition) is 0. The SMILES string of the molecule is [2H]c1cc([2H])c2c(c1[2H])c1c([2H])c([2H])cc([2H])c1n2-c1c(-c2nc(-c3ccc(-c4ccccc4)cc3)nc(-c3ccc(-c4ccccc4)cc3)n2)cccc1-c1cccc2c1oc1ccccc12. The van der Waals surface area contributed by atoms with Gasteiger partial charge in [-0.15, -0.1) is 0 Å². The van der Waals surface area contributed by atoms with Crippen LogP contribution in [0.2, 0.25) is 0 Å². The fourth-order valence-electron chi connectivity index (χ4n) is 8.52. The van der Waals surface area contributed by atoms with Crippen LogP contribution in [0.3, 0.4) is 0 Å². The molecule has 9 aromatic carbocycles. The van der Waals surface area contributed by atoms with E-state index in [9.17, 15) is 5.48 Å². The maximum absolute atomic E-state index is 9.47. The van der Waals surface area contributed by atoms with Crippen molar-refractivity contribution in [3.8, 4) is 73.2 Å². The van der Waals surface area contributed by atoms with Crippen molar-refractivity contribution in [2.75, 3.05) is 0 Å². The van der Waals surface area contributed by atoms with Gasteiger partial charge in [0.25, 0.3) is 0 Å². The molecule has 62 heavy (non-hydrogen) atoms. The van der Waals surface area contributed by atoms with Crippen LogP contribution in [-0.4, -0.2) is 19.5 Å². The molecule has 12 rings (SSSR count). The van der Waals surface area contributed by atoms with E-state index < -0.39 is 0 Å². The van der Waals surface area contributed by atoms with Gasteiger partial charge in [0.15, 0.2) is 17.5 Å². The molecule has 0 saturated heterocycles. The summed E-state index contributed by atoms with van der Waals surface area (Å²) < 4.78 is 63.3. The minimum Gasteiger partial charge on any atom is -0.455 e. The zero-order chi connectivity index (χ0) is 46.2. The van der Waals surface area contributed by atoms with Crippen LogP contribution in [0.4, 0.5) is 0 Å². The smallest absolute Gasteiger partial charge is 0.166 e. The summed E-state index contributed by atoms with van der Waals surface area (Å²) in [6.45, 7) is 0. The van der Waals surface area contributed by atoms with Crippen LogP contribution in [0.15, 0.2) is 223 Å². The highest BCUT2D eigenvalue weighted by atomic mass is 16.3. The zero-order valence-corrected chi connectivity index (χ0v) is 33.0. The number of benzene rings is 9. The first kappa shape index (κ1) is 29.7. The van der Waals surface area contributed by atoms with E-state index in [-0.39, 0.29) is 63.9 Å². The largest absolute Gasteiger partial charge is 0.455 e. The third-order valence-corrected chi connectivity index (χ3v) is 11.5. The Balaban J connectivity index is 1.19. The van der Waals surface area contributed by atoms with Crippen molar-refractivity contribution in [3.63, 3.8) is 0 Å². The number of furan rings is 1. The molecule has 0 radical (unpaired) electrons. The molecule has 0 fully saturated rings. The Kier molecular flexibility index (Phi) is 7.05. The average molecular weight is 799 g/mol. The number of para-hydroxylation sites is 5. The van der Waals surface area contributed by atoms with E-state index in [4.69, 9.17) is 22.1 Å². The summed E-state index contributed by atoms with van der Waals surface area (Å²) in [4.78, 5) is 15.6. The Labute approximate surface area is 366 Å². The van der Waals surface area contributed by atoms with Crippen molar-refractivity contribution in [3.05, 3.63) is 218 Å². The summed E-state index contributed by atoms with van der Waals surface area (Å²) in [6.07, 6.45) is 0. The molecule has 0 bridgehead atoms. The third kappa shape index (κ3) is 5.98. The van der Waals surface area contributed by atoms with E-state index in [0.717, 1.165) is 44.2 Å². The molecule has 0 saturated carbocycles. The first-order valence-corrected chi connectivity index (χ1v) is 20.4. The van der Waals surface area contributed by atoms with E-state index in [2.05, 4.69) is 24.3 Å². The predicted molar refractivity (Wildman–Crippen MR) is 254 cm³/mol. The van der Waals surface area contributed by atoms with Gasteiger partial charge in [0.1, 0.15) is 11.2 Å². The molecule has 0 aliphatic carbocycles. The first-order chi connectivity index (χ1) is 33.2. The number of hydrogen-bond acceptors (Lipinski definition) is 4. The van der Waals surface area contributed by atoms with Gasteiger partial charge in [-0.2, -0.15) is 0 Å². The summed E-state index contributed by atoms with van der Waals surface area (Å²) in [5, 5.41) is 2.11. The normalized spacial score (nSPS) is 12.9. The van der Waals surface area contributed by atoms with Crippen LogP contribution in [0.1, 0.15) is 8.22 Å². The lowest BCUT2D eigenvalue weighted by molar-refractivity contribution is 0.670. The third-order valence-electron chi connectivity index (χ3n) is 11.5. The van der Waals surface area contributed by atoms with Crippen LogP contribution < -0.4 is 0 Å². The van der Waals surface area contributed by atoms with E-state index in [0.29, 0.717) is 45.2 Å². The van der Waals surface area contributed by atoms with Crippen molar-refractivity contribution in [1.29, 1.82) is 0 Å². The Morgan fingerprint density at radius 2 is 0.823 bits per heavy atom. The quantitative estimate of drug-likeness (QED) is 0.161. The lowest BCUT2D eigenvalue weighted by Crippen LogP contribution is -2.05. The average Bonchev–Trinajstić information content (AvgIpc) is 3.95. The van der Waals surface area contributed by atoms with Crippen molar-refractivity contribution >= 4 is 43.7 Å². The Morgan fingerprint density at radius 1 is 0.355 bits per heavy atom. The summed E-state index contributed by atoms with van der Waals surface area (Å²) in [6, 6.07) is 57.6. The molecule has 0 aliphatic rings. The minimum absolute atomic E-state index is 0.0840. The van der Waals surface area contributed by atoms with Gasteiger partial charge in [-0.3, -0.25) is 0 Å². The molecule has 5 heteroatoms. The van der Waals surface area contributed by atoms with Gasteiger partial charge in [0.05, 0.1) is 24.9 Å². The van der Waals surface area contributed by atoms with E-state index >= 15 is 0 Å². The predicted octanol–water partition coefficient (Wildman–Crippen LogP) is 14.9. The monoisotopic (exact) mass is 798 g/mol. The standard InChI is InChI=1S/C57H36N4O/c1-3-15-37(16-4-1)39-29-33-41(34-30-39)55-58-56(42-35-31-40(32-36-42)38-17-5-2-6-18-38)60-57(59-55)49-25-13-22-46(48-24-14-23-47-45-21-9-12-28-52(45)62-54(47)48)53(49)61-50-26-10-7-19-43(50)44-20-8-11-27-51(44)61/h1-36H/i7D,8D,19D,20D,26D,27D. The molecule has 0 atom stereocenters. The van der Waals surface area contributed by atoms with Gasteiger partial charge < -0.3 is 8.98 Å². The summed E-state index contributed by atoms with van der Waals surface area (Å²) in [5.41, 5.74) is 9.77. The van der Waals surface area contributed by atoms with Crippen LogP contribution in [0.5, 0.6) is 0 Å². The highest BCUT2D eigenvalue weighted by Crippen LogP contribution is 2.44. The molecule has 12 aromatic rings. The fraction of sp³-hybridized carbons (Fsp3) is 0. The molecular weight excluding hydrogens is 757 g/mol. The number of aromatic nitrogens is 4. The molecule has 3 heterocycles. The maximum atomic E-state index is 9.47. The van der Waals surface area contributed by atoms with Crippen molar-refractivity contribution in [1.82, 2.24) is 19.5 Å². The number of fused-ring (bicyclic) bond motifs is 6. The molecule has 0 unspecified atom stereocenters. The van der Waals surface area contributed by atoms with Crippen LogP contribution in [0.25, 0.3) is 117 Å². The molecular formula is C57H36N4O. The topological polar surface area (TPSA) is 56.7 Å². The van der Waals surface area contributed by atoms with Crippen LogP contribution in [-0.2, 0) is 0 Å². The van der Waals surface area contributed by atoms with Gasteiger partial charge in [-0.25, -0.2) is 15.0 Å². The highest BCUT2D eigenvalue weighted by molar-refractivity contribution is 6.13.